The van der Waals surface area contributed by atoms with Crippen LogP contribution in [0.2, 0.25) is 0 Å². The second kappa shape index (κ2) is 7.11. The monoisotopic (exact) mass is 366 g/mol. The van der Waals surface area contributed by atoms with E-state index in [0.29, 0.717) is 18.7 Å². The van der Waals surface area contributed by atoms with Crippen molar-refractivity contribution in [2.24, 2.45) is 0 Å². The maximum atomic E-state index is 12.6. The molecule has 9 heteroatoms. The number of sulfonamides is 1. The largest absolute Gasteiger partial charge is 0.354 e. The molecule has 136 valence electrons. The highest BCUT2D eigenvalue weighted by molar-refractivity contribution is 7.89. The van der Waals surface area contributed by atoms with E-state index in [2.05, 4.69) is 10.6 Å². The number of hydrogen-bond acceptors (Lipinski definition) is 5. The lowest BCUT2D eigenvalue weighted by molar-refractivity contribution is -0.122. The van der Waals surface area contributed by atoms with E-state index in [9.17, 15) is 18.0 Å². The fourth-order valence-electron chi connectivity index (χ4n) is 3.05. The number of piperazine rings is 2. The first-order valence-corrected chi connectivity index (χ1v) is 9.72. The molecule has 1 aromatic rings. The third-order valence-corrected chi connectivity index (χ3v) is 6.36. The molecule has 1 aromatic carbocycles. The summed E-state index contributed by atoms with van der Waals surface area (Å²) < 4.78 is 26.4. The SMILES string of the molecule is C[C@@H]1CNCCN1C(=O)c1ccc(S(=O)(=O)N2CCNC(=O)C2)cc1. The topological polar surface area (TPSA) is 98.8 Å². The Morgan fingerprint density at radius 2 is 1.88 bits per heavy atom. The van der Waals surface area contributed by atoms with Gasteiger partial charge in [0.2, 0.25) is 15.9 Å². The van der Waals surface area contributed by atoms with Gasteiger partial charge in [-0.3, -0.25) is 9.59 Å². The quantitative estimate of drug-likeness (QED) is 0.733. The van der Waals surface area contributed by atoms with Crippen molar-refractivity contribution in [2.75, 3.05) is 39.3 Å². The van der Waals surface area contributed by atoms with Gasteiger partial charge in [0.05, 0.1) is 11.4 Å². The average Bonchev–Trinajstić information content (AvgIpc) is 2.62. The van der Waals surface area contributed by atoms with Gasteiger partial charge in [0.15, 0.2) is 0 Å². The molecule has 2 N–H and O–H groups in total. The van der Waals surface area contributed by atoms with Gasteiger partial charge < -0.3 is 15.5 Å². The Hall–Kier alpha value is -1.97. The van der Waals surface area contributed by atoms with Crippen LogP contribution in [-0.2, 0) is 14.8 Å². The zero-order chi connectivity index (χ0) is 18.0. The van der Waals surface area contributed by atoms with E-state index >= 15 is 0 Å². The normalized spacial score (nSPS) is 22.5. The van der Waals surface area contributed by atoms with Crippen LogP contribution in [0.1, 0.15) is 17.3 Å². The van der Waals surface area contributed by atoms with Crippen molar-refractivity contribution in [1.82, 2.24) is 19.8 Å². The van der Waals surface area contributed by atoms with E-state index in [1.54, 1.807) is 4.90 Å². The number of carbonyl (C=O) groups excluding carboxylic acids is 2. The lowest BCUT2D eigenvalue weighted by atomic mass is 10.1. The fraction of sp³-hybridized carbons (Fsp3) is 0.500. The molecule has 2 amide bonds. The summed E-state index contributed by atoms with van der Waals surface area (Å²) in [5, 5.41) is 5.83. The van der Waals surface area contributed by atoms with E-state index in [-0.39, 0.29) is 35.8 Å². The van der Waals surface area contributed by atoms with Crippen LogP contribution < -0.4 is 10.6 Å². The zero-order valence-electron chi connectivity index (χ0n) is 14.1. The van der Waals surface area contributed by atoms with Crippen molar-refractivity contribution in [3.63, 3.8) is 0 Å². The maximum absolute atomic E-state index is 12.6. The molecule has 8 nitrogen and oxygen atoms in total. The number of nitrogens with one attached hydrogen (secondary N) is 2. The third kappa shape index (κ3) is 3.68. The van der Waals surface area contributed by atoms with Crippen molar-refractivity contribution in [1.29, 1.82) is 0 Å². The van der Waals surface area contributed by atoms with Crippen LogP contribution in [0.5, 0.6) is 0 Å². The van der Waals surface area contributed by atoms with E-state index in [0.717, 1.165) is 17.4 Å². The van der Waals surface area contributed by atoms with Crippen LogP contribution in [-0.4, -0.2) is 74.7 Å². The van der Waals surface area contributed by atoms with Gasteiger partial charge in [0, 0.05) is 44.3 Å². The minimum atomic E-state index is -3.74. The molecular formula is C16H22N4O4S. The molecule has 2 saturated heterocycles. The van der Waals surface area contributed by atoms with Crippen molar-refractivity contribution in [3.8, 4) is 0 Å². The van der Waals surface area contributed by atoms with E-state index in [4.69, 9.17) is 0 Å². The molecule has 0 unspecified atom stereocenters. The van der Waals surface area contributed by atoms with Gasteiger partial charge in [-0.05, 0) is 31.2 Å². The number of rotatable bonds is 3. The Balaban J connectivity index is 1.77. The maximum Gasteiger partial charge on any atom is 0.254 e. The summed E-state index contributed by atoms with van der Waals surface area (Å²) in [6.07, 6.45) is 0. The van der Waals surface area contributed by atoms with Gasteiger partial charge in [-0.2, -0.15) is 4.31 Å². The van der Waals surface area contributed by atoms with Gasteiger partial charge in [-0.1, -0.05) is 0 Å². The molecule has 2 fully saturated rings. The molecule has 2 heterocycles. The van der Waals surface area contributed by atoms with Crippen molar-refractivity contribution in [3.05, 3.63) is 29.8 Å². The predicted molar refractivity (Wildman–Crippen MR) is 91.6 cm³/mol. The fourth-order valence-corrected chi connectivity index (χ4v) is 4.44. The van der Waals surface area contributed by atoms with Gasteiger partial charge in [-0.25, -0.2) is 8.42 Å². The molecule has 0 spiro atoms. The first kappa shape index (κ1) is 17.8. The lowest BCUT2D eigenvalue weighted by Gasteiger charge is -2.34. The zero-order valence-corrected chi connectivity index (χ0v) is 14.9. The average molecular weight is 366 g/mol. The van der Waals surface area contributed by atoms with Crippen LogP contribution in [0.15, 0.2) is 29.2 Å². The summed E-state index contributed by atoms with van der Waals surface area (Å²) in [4.78, 5) is 25.9. The molecule has 0 bridgehead atoms. The smallest absolute Gasteiger partial charge is 0.254 e. The molecule has 0 radical (unpaired) electrons. The summed E-state index contributed by atoms with van der Waals surface area (Å²) in [6, 6.07) is 6.03. The van der Waals surface area contributed by atoms with Gasteiger partial charge in [0.1, 0.15) is 0 Å². The summed E-state index contributed by atoms with van der Waals surface area (Å²) in [6.45, 7) is 4.46. The van der Waals surface area contributed by atoms with Crippen LogP contribution in [0.4, 0.5) is 0 Å². The molecular weight excluding hydrogens is 344 g/mol. The Kier molecular flexibility index (Phi) is 5.07. The molecule has 2 aliphatic heterocycles. The molecule has 2 aliphatic rings. The van der Waals surface area contributed by atoms with E-state index in [1.807, 2.05) is 6.92 Å². The number of hydrogen-bond donors (Lipinski definition) is 2. The van der Waals surface area contributed by atoms with Crippen LogP contribution in [0.3, 0.4) is 0 Å². The first-order valence-electron chi connectivity index (χ1n) is 8.28. The molecule has 3 rings (SSSR count). The summed E-state index contributed by atoms with van der Waals surface area (Å²) in [7, 11) is -3.74. The Morgan fingerprint density at radius 3 is 2.52 bits per heavy atom. The molecule has 0 saturated carbocycles. The highest BCUT2D eigenvalue weighted by atomic mass is 32.2. The summed E-state index contributed by atoms with van der Waals surface area (Å²) in [5.74, 6) is -0.412. The highest BCUT2D eigenvalue weighted by Gasteiger charge is 2.30. The van der Waals surface area contributed by atoms with Gasteiger partial charge in [-0.15, -0.1) is 0 Å². The lowest BCUT2D eigenvalue weighted by Crippen LogP contribution is -2.52. The van der Waals surface area contributed by atoms with Gasteiger partial charge >= 0.3 is 0 Å². The molecule has 0 aliphatic carbocycles. The first-order chi connectivity index (χ1) is 11.9. The number of carbonyl (C=O) groups is 2. The van der Waals surface area contributed by atoms with Gasteiger partial charge in [0.25, 0.3) is 5.91 Å². The standard InChI is InChI=1S/C16H22N4O4S/c1-12-10-17-6-9-20(12)16(22)13-2-4-14(5-3-13)25(23,24)19-8-7-18-15(21)11-19/h2-5,12,17H,6-11H2,1H3,(H,18,21)/t12-/m1/s1. The highest BCUT2D eigenvalue weighted by Crippen LogP contribution is 2.18. The second-order valence-corrected chi connectivity index (χ2v) is 8.20. The van der Waals surface area contributed by atoms with E-state index in [1.165, 1.54) is 24.3 Å². The van der Waals surface area contributed by atoms with Crippen molar-refractivity contribution >= 4 is 21.8 Å². The van der Waals surface area contributed by atoms with Crippen LogP contribution in [0.25, 0.3) is 0 Å². The molecule has 0 aromatic heterocycles. The van der Waals surface area contributed by atoms with E-state index < -0.39 is 10.0 Å². The Labute approximate surface area is 147 Å². The summed E-state index contributed by atoms with van der Waals surface area (Å²) >= 11 is 0. The minimum absolute atomic E-state index is 0.0899. The second-order valence-electron chi connectivity index (χ2n) is 6.26. The molecule has 25 heavy (non-hydrogen) atoms. The Morgan fingerprint density at radius 1 is 1.16 bits per heavy atom. The predicted octanol–water partition coefficient (Wildman–Crippen LogP) is -0.759. The third-order valence-electron chi connectivity index (χ3n) is 4.50. The number of amides is 2. The number of benzene rings is 1. The number of nitrogens with zero attached hydrogens (tertiary/aromatic N) is 2. The van der Waals surface area contributed by atoms with Crippen LogP contribution >= 0.6 is 0 Å². The van der Waals surface area contributed by atoms with Crippen molar-refractivity contribution in [2.45, 2.75) is 17.9 Å². The van der Waals surface area contributed by atoms with Crippen molar-refractivity contribution < 1.29 is 18.0 Å². The minimum Gasteiger partial charge on any atom is -0.354 e. The summed E-state index contributed by atoms with van der Waals surface area (Å²) in [5.41, 5.74) is 0.462. The van der Waals surface area contributed by atoms with Crippen LogP contribution in [0, 0.1) is 0 Å². The molecule has 1 atom stereocenters. The Bertz CT molecular complexity index is 763.